The van der Waals surface area contributed by atoms with E-state index in [1.54, 1.807) is 37.4 Å². The number of amides is 1. The first-order valence-electron chi connectivity index (χ1n) is 8.29. The molecule has 0 spiro atoms. The lowest BCUT2D eigenvalue weighted by molar-refractivity contribution is -0.122. The van der Waals surface area contributed by atoms with E-state index in [0.717, 1.165) is 0 Å². The first-order chi connectivity index (χ1) is 12.5. The van der Waals surface area contributed by atoms with E-state index >= 15 is 0 Å². The predicted molar refractivity (Wildman–Crippen MR) is 99.3 cm³/mol. The van der Waals surface area contributed by atoms with E-state index in [2.05, 4.69) is 5.32 Å². The Morgan fingerprint density at radius 3 is 2.23 bits per heavy atom. The molecule has 6 heteroatoms. The molecule has 1 atom stereocenters. The SMILES string of the molecule is CCC(Oc1ccccc1OC)C(=O)Nc1cc(C(C)=O)ccc1OC. The normalized spacial score (nSPS) is 11.4. The smallest absolute Gasteiger partial charge is 0.265 e. The van der Waals surface area contributed by atoms with Crippen molar-refractivity contribution in [2.45, 2.75) is 26.4 Å². The zero-order valence-electron chi connectivity index (χ0n) is 15.4. The molecule has 6 nitrogen and oxygen atoms in total. The highest BCUT2D eigenvalue weighted by Gasteiger charge is 2.21. The number of nitrogens with one attached hydrogen (secondary N) is 1. The zero-order chi connectivity index (χ0) is 19.1. The molecule has 0 heterocycles. The van der Waals surface area contributed by atoms with Crippen molar-refractivity contribution in [3.8, 4) is 17.2 Å². The first-order valence-corrected chi connectivity index (χ1v) is 8.29. The fourth-order valence-corrected chi connectivity index (χ4v) is 2.43. The molecule has 2 rings (SSSR count). The molecule has 1 N–H and O–H groups in total. The summed E-state index contributed by atoms with van der Waals surface area (Å²) in [6.45, 7) is 3.32. The van der Waals surface area contributed by atoms with Gasteiger partial charge in [0.2, 0.25) is 0 Å². The van der Waals surface area contributed by atoms with Crippen molar-refractivity contribution in [1.29, 1.82) is 0 Å². The number of benzene rings is 2. The van der Waals surface area contributed by atoms with E-state index in [1.165, 1.54) is 14.0 Å². The average Bonchev–Trinajstić information content (AvgIpc) is 2.66. The summed E-state index contributed by atoms with van der Waals surface area (Å²) in [6.07, 6.45) is -0.268. The summed E-state index contributed by atoms with van der Waals surface area (Å²) in [5.41, 5.74) is 0.909. The van der Waals surface area contributed by atoms with Crippen LogP contribution in [0.15, 0.2) is 42.5 Å². The van der Waals surface area contributed by atoms with Crippen LogP contribution in [0.25, 0.3) is 0 Å². The maximum Gasteiger partial charge on any atom is 0.265 e. The topological polar surface area (TPSA) is 73.9 Å². The van der Waals surface area contributed by atoms with Gasteiger partial charge in [0.25, 0.3) is 5.91 Å². The lowest BCUT2D eigenvalue weighted by atomic mass is 10.1. The Morgan fingerprint density at radius 1 is 1.00 bits per heavy atom. The van der Waals surface area contributed by atoms with Gasteiger partial charge in [-0.25, -0.2) is 0 Å². The Balaban J connectivity index is 2.21. The fraction of sp³-hybridized carbons (Fsp3) is 0.300. The van der Waals surface area contributed by atoms with Crippen molar-refractivity contribution < 1.29 is 23.8 Å². The maximum absolute atomic E-state index is 12.7. The number of anilines is 1. The number of para-hydroxylation sites is 2. The van der Waals surface area contributed by atoms with Crippen molar-refractivity contribution >= 4 is 17.4 Å². The summed E-state index contributed by atoms with van der Waals surface area (Å²) in [5, 5.41) is 2.78. The number of hydrogen-bond donors (Lipinski definition) is 1. The second-order valence-electron chi connectivity index (χ2n) is 5.63. The van der Waals surface area contributed by atoms with Gasteiger partial charge >= 0.3 is 0 Å². The van der Waals surface area contributed by atoms with Crippen molar-refractivity contribution in [1.82, 2.24) is 0 Å². The van der Waals surface area contributed by atoms with Crippen LogP contribution in [0.4, 0.5) is 5.69 Å². The molecule has 0 radical (unpaired) electrons. The maximum atomic E-state index is 12.7. The standard InChI is InChI=1S/C20H23NO5/c1-5-16(26-19-9-7-6-8-18(19)25-4)20(23)21-15-12-14(13(2)22)10-11-17(15)24-3/h6-12,16H,5H2,1-4H3,(H,21,23). The quantitative estimate of drug-likeness (QED) is 0.729. The Bertz CT molecular complexity index is 788. The highest BCUT2D eigenvalue weighted by atomic mass is 16.5. The van der Waals surface area contributed by atoms with Crippen molar-refractivity contribution in [3.05, 3.63) is 48.0 Å². The van der Waals surface area contributed by atoms with Gasteiger partial charge in [0.15, 0.2) is 23.4 Å². The van der Waals surface area contributed by atoms with Gasteiger partial charge in [0.05, 0.1) is 19.9 Å². The van der Waals surface area contributed by atoms with Crippen molar-refractivity contribution in [3.63, 3.8) is 0 Å². The van der Waals surface area contributed by atoms with Crippen LogP contribution in [-0.2, 0) is 4.79 Å². The summed E-state index contributed by atoms with van der Waals surface area (Å²) < 4.78 is 16.3. The van der Waals surface area contributed by atoms with E-state index in [-0.39, 0.29) is 11.7 Å². The minimum Gasteiger partial charge on any atom is -0.495 e. The molecule has 0 saturated carbocycles. The molecule has 1 unspecified atom stereocenters. The third-order valence-electron chi connectivity index (χ3n) is 3.87. The highest BCUT2D eigenvalue weighted by Crippen LogP contribution is 2.29. The van der Waals surface area contributed by atoms with Crippen LogP contribution in [0.5, 0.6) is 17.2 Å². The number of carbonyl (C=O) groups excluding carboxylic acids is 2. The summed E-state index contributed by atoms with van der Waals surface area (Å²) >= 11 is 0. The number of hydrogen-bond acceptors (Lipinski definition) is 5. The Labute approximate surface area is 153 Å². The van der Waals surface area contributed by atoms with Gasteiger partial charge in [-0.3, -0.25) is 9.59 Å². The second kappa shape index (κ2) is 8.89. The third kappa shape index (κ3) is 4.53. The van der Waals surface area contributed by atoms with Crippen molar-refractivity contribution in [2.24, 2.45) is 0 Å². The van der Waals surface area contributed by atoms with Gasteiger partial charge in [0.1, 0.15) is 5.75 Å². The minimum absolute atomic E-state index is 0.0968. The van der Waals surface area contributed by atoms with Crippen LogP contribution in [0, 0.1) is 0 Å². The summed E-state index contributed by atoms with van der Waals surface area (Å²) in [5.74, 6) is 1.07. The van der Waals surface area contributed by atoms with E-state index < -0.39 is 6.10 Å². The molecule has 0 aliphatic heterocycles. The third-order valence-corrected chi connectivity index (χ3v) is 3.87. The number of ether oxygens (including phenoxy) is 3. The van der Waals surface area contributed by atoms with Crippen LogP contribution >= 0.6 is 0 Å². The molecule has 0 saturated heterocycles. The molecule has 0 fully saturated rings. The molecule has 0 aliphatic carbocycles. The summed E-state index contributed by atoms with van der Waals surface area (Å²) in [7, 11) is 3.04. The first kappa shape index (κ1) is 19.3. The zero-order valence-corrected chi connectivity index (χ0v) is 15.4. The molecule has 1 amide bonds. The minimum atomic E-state index is -0.725. The van der Waals surface area contributed by atoms with Gasteiger partial charge in [-0.1, -0.05) is 19.1 Å². The number of methoxy groups -OCH3 is 2. The van der Waals surface area contributed by atoms with Crippen molar-refractivity contribution in [2.75, 3.05) is 19.5 Å². The van der Waals surface area contributed by atoms with Gasteiger partial charge in [0, 0.05) is 5.56 Å². The number of rotatable bonds is 8. The van der Waals surface area contributed by atoms with Gasteiger partial charge in [-0.2, -0.15) is 0 Å². The van der Waals surface area contributed by atoms with Gasteiger partial charge < -0.3 is 19.5 Å². The summed E-state index contributed by atoms with van der Waals surface area (Å²) in [4.78, 5) is 24.3. The molecular weight excluding hydrogens is 334 g/mol. The predicted octanol–water partition coefficient (Wildman–Crippen LogP) is 3.70. The molecule has 2 aromatic carbocycles. The van der Waals surface area contributed by atoms with Crippen LogP contribution in [-0.4, -0.2) is 32.0 Å². The Kier molecular flexibility index (Phi) is 6.60. The van der Waals surface area contributed by atoms with Crippen LogP contribution in [0.3, 0.4) is 0 Å². The van der Waals surface area contributed by atoms with Gasteiger partial charge in [-0.05, 0) is 43.7 Å². The largest absolute Gasteiger partial charge is 0.495 e. The Morgan fingerprint density at radius 2 is 1.65 bits per heavy atom. The highest BCUT2D eigenvalue weighted by molar-refractivity contribution is 5.99. The average molecular weight is 357 g/mol. The molecule has 0 aromatic heterocycles. The lowest BCUT2D eigenvalue weighted by Crippen LogP contribution is -2.32. The second-order valence-corrected chi connectivity index (χ2v) is 5.63. The van der Waals surface area contributed by atoms with Crippen LogP contribution in [0.1, 0.15) is 30.6 Å². The van der Waals surface area contributed by atoms with Crippen LogP contribution in [0.2, 0.25) is 0 Å². The monoisotopic (exact) mass is 357 g/mol. The number of ketones is 1. The molecule has 0 bridgehead atoms. The van der Waals surface area contributed by atoms with E-state index in [9.17, 15) is 9.59 Å². The lowest BCUT2D eigenvalue weighted by Gasteiger charge is -2.19. The van der Waals surface area contributed by atoms with E-state index in [4.69, 9.17) is 14.2 Å². The number of carbonyl (C=O) groups is 2. The summed E-state index contributed by atoms with van der Waals surface area (Å²) in [6, 6.07) is 12.0. The van der Waals surface area contributed by atoms with E-state index in [1.807, 2.05) is 19.1 Å². The molecular formula is C20H23NO5. The van der Waals surface area contributed by atoms with E-state index in [0.29, 0.717) is 34.9 Å². The molecule has 26 heavy (non-hydrogen) atoms. The molecule has 0 aliphatic rings. The molecule has 138 valence electrons. The van der Waals surface area contributed by atoms with Gasteiger partial charge in [-0.15, -0.1) is 0 Å². The number of Topliss-reactive ketones (excluding diaryl/α,β-unsaturated/α-hetero) is 1. The fourth-order valence-electron chi connectivity index (χ4n) is 2.43. The Hall–Kier alpha value is -3.02. The molecule has 2 aromatic rings. The van der Waals surface area contributed by atoms with Crippen LogP contribution < -0.4 is 19.5 Å².